The summed E-state index contributed by atoms with van der Waals surface area (Å²) >= 11 is 0. The van der Waals surface area contributed by atoms with Crippen LogP contribution in [0.5, 0.6) is 0 Å². The van der Waals surface area contributed by atoms with Gasteiger partial charge >= 0.3 is 0 Å². The van der Waals surface area contributed by atoms with Crippen LogP contribution in [-0.4, -0.2) is 28.7 Å². The van der Waals surface area contributed by atoms with E-state index >= 15 is 0 Å². The highest BCUT2D eigenvalue weighted by molar-refractivity contribution is 6.06. The molecular weight excluding hydrogens is 328 g/mol. The van der Waals surface area contributed by atoms with Crippen LogP contribution in [0.4, 0.5) is 0 Å². The fourth-order valence-electron chi connectivity index (χ4n) is 3.67. The van der Waals surface area contributed by atoms with Crippen molar-refractivity contribution in [2.75, 3.05) is 6.61 Å². The first-order chi connectivity index (χ1) is 12.3. The van der Waals surface area contributed by atoms with E-state index in [-0.39, 0.29) is 23.1 Å². The highest BCUT2D eigenvalue weighted by Gasteiger charge is 2.30. The van der Waals surface area contributed by atoms with Gasteiger partial charge in [0.05, 0.1) is 11.2 Å². The van der Waals surface area contributed by atoms with Crippen LogP contribution >= 0.6 is 0 Å². The number of nitrogens with zero attached hydrogens (tertiary/aromatic N) is 1. The number of carbonyl (C=O) groups excluding carboxylic acids is 1. The third kappa shape index (κ3) is 3.98. The molecule has 1 N–H and O–H groups in total. The number of fused-ring (bicyclic) bond motifs is 1. The first-order valence-electron chi connectivity index (χ1n) is 9.34. The van der Waals surface area contributed by atoms with Crippen molar-refractivity contribution in [3.8, 4) is 0 Å². The van der Waals surface area contributed by atoms with Crippen LogP contribution in [0.2, 0.25) is 0 Å². The van der Waals surface area contributed by atoms with Gasteiger partial charge in [0.15, 0.2) is 0 Å². The fourth-order valence-corrected chi connectivity index (χ4v) is 3.67. The Kier molecular flexibility index (Phi) is 5.19. The molecule has 2 heterocycles. The number of ether oxygens (including phenoxy) is 1. The van der Waals surface area contributed by atoms with Gasteiger partial charge in [-0.15, -0.1) is 0 Å². The zero-order valence-electron chi connectivity index (χ0n) is 16.0. The standard InChI is InChI=1S/C21H28N2O3/c1-14(2)12-23-13-18(16-7-5-6-8-17(16)20(23)25)19(24)22-15-9-10-26-21(3,4)11-15/h5-8,13-15H,9-12H2,1-4H3,(H,22,24)/t15-/m0/s1. The molecule has 1 aromatic carbocycles. The first-order valence-corrected chi connectivity index (χ1v) is 9.34. The van der Waals surface area contributed by atoms with Gasteiger partial charge in [0.2, 0.25) is 0 Å². The quantitative estimate of drug-likeness (QED) is 0.914. The van der Waals surface area contributed by atoms with E-state index < -0.39 is 0 Å². The van der Waals surface area contributed by atoms with Gasteiger partial charge in [0.25, 0.3) is 11.5 Å². The van der Waals surface area contributed by atoms with Gasteiger partial charge in [-0.3, -0.25) is 9.59 Å². The van der Waals surface area contributed by atoms with Crippen LogP contribution in [0.25, 0.3) is 10.8 Å². The van der Waals surface area contributed by atoms with Crippen molar-refractivity contribution in [1.29, 1.82) is 0 Å². The highest BCUT2D eigenvalue weighted by atomic mass is 16.5. The minimum absolute atomic E-state index is 0.0435. The summed E-state index contributed by atoms with van der Waals surface area (Å²) in [4.78, 5) is 25.7. The zero-order valence-corrected chi connectivity index (χ0v) is 16.0. The Morgan fingerprint density at radius 1 is 1.31 bits per heavy atom. The van der Waals surface area contributed by atoms with Gasteiger partial charge in [-0.05, 0) is 38.7 Å². The molecule has 0 bridgehead atoms. The minimum atomic E-state index is -0.227. The smallest absolute Gasteiger partial charge is 0.258 e. The van der Waals surface area contributed by atoms with E-state index in [2.05, 4.69) is 19.2 Å². The Bertz CT molecular complexity index is 867. The summed E-state index contributed by atoms with van der Waals surface area (Å²) in [5.74, 6) is 0.197. The number of carbonyl (C=O) groups is 1. The summed E-state index contributed by atoms with van der Waals surface area (Å²) < 4.78 is 7.40. The maximum absolute atomic E-state index is 13.0. The van der Waals surface area contributed by atoms with Crippen LogP contribution in [-0.2, 0) is 11.3 Å². The summed E-state index contributed by atoms with van der Waals surface area (Å²) in [6.07, 6.45) is 3.30. The van der Waals surface area contributed by atoms with Crippen LogP contribution in [0.15, 0.2) is 35.3 Å². The van der Waals surface area contributed by atoms with Crippen molar-refractivity contribution in [3.63, 3.8) is 0 Å². The number of nitrogens with one attached hydrogen (secondary N) is 1. The lowest BCUT2D eigenvalue weighted by molar-refractivity contribution is -0.0615. The maximum Gasteiger partial charge on any atom is 0.258 e. The maximum atomic E-state index is 13.0. The zero-order chi connectivity index (χ0) is 18.9. The second-order valence-corrected chi connectivity index (χ2v) is 8.21. The molecule has 26 heavy (non-hydrogen) atoms. The normalized spacial score (nSPS) is 19.7. The minimum Gasteiger partial charge on any atom is -0.375 e. The Labute approximate surface area is 154 Å². The number of benzene rings is 1. The predicted molar refractivity (Wildman–Crippen MR) is 104 cm³/mol. The van der Waals surface area contributed by atoms with Crippen molar-refractivity contribution in [3.05, 3.63) is 46.4 Å². The molecular formula is C21H28N2O3. The van der Waals surface area contributed by atoms with Gasteiger partial charge in [-0.2, -0.15) is 0 Å². The Morgan fingerprint density at radius 3 is 2.65 bits per heavy atom. The van der Waals surface area contributed by atoms with Crippen molar-refractivity contribution < 1.29 is 9.53 Å². The molecule has 2 aromatic rings. The SMILES string of the molecule is CC(C)Cn1cc(C(=O)N[C@H]2CCOC(C)(C)C2)c2ccccc2c1=O. The molecule has 1 fully saturated rings. The summed E-state index contributed by atoms with van der Waals surface area (Å²) in [5, 5.41) is 4.45. The molecule has 0 unspecified atom stereocenters. The van der Waals surface area contributed by atoms with Gasteiger partial charge in [0.1, 0.15) is 0 Å². The fraction of sp³-hybridized carbons (Fsp3) is 0.524. The van der Waals surface area contributed by atoms with E-state index in [9.17, 15) is 9.59 Å². The van der Waals surface area contributed by atoms with Crippen LogP contribution in [0.1, 0.15) is 50.9 Å². The topological polar surface area (TPSA) is 60.3 Å². The monoisotopic (exact) mass is 356 g/mol. The third-order valence-electron chi connectivity index (χ3n) is 4.83. The van der Waals surface area contributed by atoms with Gasteiger partial charge in [-0.25, -0.2) is 0 Å². The summed E-state index contributed by atoms with van der Waals surface area (Å²) in [6, 6.07) is 7.42. The lowest BCUT2D eigenvalue weighted by Gasteiger charge is -2.35. The van der Waals surface area contributed by atoms with Crippen molar-refractivity contribution in [2.24, 2.45) is 5.92 Å². The number of pyridine rings is 1. The Hall–Kier alpha value is -2.14. The number of hydrogen-bond donors (Lipinski definition) is 1. The van der Waals surface area contributed by atoms with E-state index in [4.69, 9.17) is 4.74 Å². The Morgan fingerprint density at radius 2 is 2.00 bits per heavy atom. The number of rotatable bonds is 4. The molecule has 0 saturated carbocycles. The van der Waals surface area contributed by atoms with Crippen molar-refractivity contribution in [2.45, 2.75) is 58.7 Å². The molecule has 1 saturated heterocycles. The number of aromatic nitrogens is 1. The molecule has 1 aliphatic rings. The van der Waals surface area contributed by atoms with E-state index in [1.807, 2.05) is 32.0 Å². The molecule has 3 rings (SSSR count). The number of amides is 1. The lowest BCUT2D eigenvalue weighted by Crippen LogP contribution is -2.46. The highest BCUT2D eigenvalue weighted by Crippen LogP contribution is 2.24. The Balaban J connectivity index is 1.96. The second-order valence-electron chi connectivity index (χ2n) is 8.21. The van der Waals surface area contributed by atoms with Crippen molar-refractivity contribution in [1.82, 2.24) is 9.88 Å². The van der Waals surface area contributed by atoms with E-state index in [1.165, 1.54) is 0 Å². The summed E-state index contributed by atoms with van der Waals surface area (Å²) in [7, 11) is 0. The van der Waals surface area contributed by atoms with Gasteiger partial charge < -0.3 is 14.6 Å². The molecule has 0 aliphatic carbocycles. The van der Waals surface area contributed by atoms with Crippen LogP contribution in [0, 0.1) is 5.92 Å². The lowest BCUT2D eigenvalue weighted by atomic mass is 9.93. The molecule has 1 aliphatic heterocycles. The largest absolute Gasteiger partial charge is 0.375 e. The van der Waals surface area contributed by atoms with E-state index in [0.717, 1.165) is 12.8 Å². The molecule has 0 radical (unpaired) electrons. The molecule has 5 nitrogen and oxygen atoms in total. The van der Waals surface area contributed by atoms with Crippen LogP contribution in [0.3, 0.4) is 0 Å². The van der Waals surface area contributed by atoms with Crippen molar-refractivity contribution >= 4 is 16.7 Å². The first kappa shape index (κ1) is 18.6. The van der Waals surface area contributed by atoms with Gasteiger partial charge in [-0.1, -0.05) is 32.0 Å². The number of hydrogen-bond acceptors (Lipinski definition) is 3. The van der Waals surface area contributed by atoms with E-state index in [1.54, 1.807) is 16.8 Å². The molecule has 1 atom stereocenters. The third-order valence-corrected chi connectivity index (χ3v) is 4.83. The predicted octanol–water partition coefficient (Wildman–Crippen LogP) is 3.34. The summed E-state index contributed by atoms with van der Waals surface area (Å²) in [5.41, 5.74) is 0.289. The molecule has 5 heteroatoms. The molecule has 140 valence electrons. The molecule has 1 aromatic heterocycles. The molecule has 0 spiro atoms. The average Bonchev–Trinajstić information content (AvgIpc) is 2.56. The summed E-state index contributed by atoms with van der Waals surface area (Å²) in [6.45, 7) is 9.45. The average molecular weight is 356 g/mol. The van der Waals surface area contributed by atoms with Crippen LogP contribution < -0.4 is 10.9 Å². The van der Waals surface area contributed by atoms with E-state index in [0.29, 0.717) is 35.4 Å². The molecule has 1 amide bonds. The second kappa shape index (κ2) is 7.23. The van der Waals surface area contributed by atoms with Gasteiger partial charge in [0, 0.05) is 36.2 Å².